The van der Waals surface area contributed by atoms with Crippen LogP contribution in [0.2, 0.25) is 0 Å². The molecular formula is C13H16BrNS. The summed E-state index contributed by atoms with van der Waals surface area (Å²) >= 11 is 5.66. The Morgan fingerprint density at radius 2 is 2.38 bits per heavy atom. The summed E-state index contributed by atoms with van der Waals surface area (Å²) in [5, 5.41) is 3.81. The lowest BCUT2D eigenvalue weighted by molar-refractivity contribution is 0.393. The van der Waals surface area contributed by atoms with E-state index in [0.717, 1.165) is 0 Å². The molecular weight excluding hydrogens is 282 g/mol. The molecule has 1 fully saturated rings. The Hall–Kier alpha value is 0.01000. The number of hydrogen-bond acceptors (Lipinski definition) is 2. The van der Waals surface area contributed by atoms with Crippen molar-refractivity contribution in [3.8, 4) is 0 Å². The number of hydrogen-bond donors (Lipinski definition) is 1. The lowest BCUT2D eigenvalue weighted by Gasteiger charge is -2.38. The van der Waals surface area contributed by atoms with Gasteiger partial charge in [0, 0.05) is 10.5 Å². The second kappa shape index (κ2) is 4.04. The maximum Gasteiger partial charge on any atom is 0.0909 e. The third-order valence-electron chi connectivity index (χ3n) is 3.63. The van der Waals surface area contributed by atoms with Crippen molar-refractivity contribution in [2.75, 3.05) is 5.75 Å². The summed E-state index contributed by atoms with van der Waals surface area (Å²) in [5.41, 5.74) is 3.04. The molecule has 3 heteroatoms. The fourth-order valence-electron chi connectivity index (χ4n) is 2.83. The van der Waals surface area contributed by atoms with Crippen LogP contribution in [-0.2, 0) is 11.3 Å². The fourth-order valence-corrected chi connectivity index (χ4v) is 4.94. The van der Waals surface area contributed by atoms with Gasteiger partial charge in [-0.1, -0.05) is 22.0 Å². The molecule has 0 saturated carbocycles. The SMILES string of the molecule is CC1CCSC2(CCc3cc(Br)ccc32)N1. The van der Waals surface area contributed by atoms with E-state index in [1.54, 1.807) is 0 Å². The van der Waals surface area contributed by atoms with Crippen molar-refractivity contribution >= 4 is 27.7 Å². The molecule has 2 unspecified atom stereocenters. The highest BCUT2D eigenvalue weighted by Gasteiger charge is 2.41. The van der Waals surface area contributed by atoms with E-state index >= 15 is 0 Å². The summed E-state index contributed by atoms with van der Waals surface area (Å²) in [6, 6.07) is 7.40. The Morgan fingerprint density at radius 3 is 3.19 bits per heavy atom. The molecule has 1 aromatic rings. The van der Waals surface area contributed by atoms with Gasteiger partial charge in [0.1, 0.15) is 0 Å². The Morgan fingerprint density at radius 1 is 1.50 bits per heavy atom. The molecule has 1 aliphatic carbocycles. The molecule has 1 nitrogen and oxygen atoms in total. The first-order chi connectivity index (χ1) is 7.70. The van der Waals surface area contributed by atoms with E-state index in [4.69, 9.17) is 0 Å². The second-order valence-electron chi connectivity index (χ2n) is 4.81. The maximum atomic E-state index is 3.81. The van der Waals surface area contributed by atoms with Crippen LogP contribution in [0.25, 0.3) is 0 Å². The summed E-state index contributed by atoms with van der Waals surface area (Å²) in [6.45, 7) is 2.30. The van der Waals surface area contributed by atoms with Crippen LogP contribution < -0.4 is 5.32 Å². The van der Waals surface area contributed by atoms with E-state index < -0.39 is 0 Å². The van der Waals surface area contributed by atoms with Gasteiger partial charge in [-0.25, -0.2) is 0 Å². The topological polar surface area (TPSA) is 12.0 Å². The number of thioether (sulfide) groups is 1. The van der Waals surface area contributed by atoms with Crippen molar-refractivity contribution in [3.63, 3.8) is 0 Å². The van der Waals surface area contributed by atoms with Gasteiger partial charge in [-0.2, -0.15) is 0 Å². The van der Waals surface area contributed by atoms with Crippen LogP contribution in [0, 0.1) is 0 Å². The van der Waals surface area contributed by atoms with Crippen LogP contribution in [0.15, 0.2) is 22.7 Å². The number of rotatable bonds is 0. The van der Waals surface area contributed by atoms with Gasteiger partial charge in [-0.15, -0.1) is 11.8 Å². The average molecular weight is 298 g/mol. The Bertz CT molecular complexity index is 420. The molecule has 1 saturated heterocycles. The zero-order valence-electron chi connectivity index (χ0n) is 9.42. The quantitative estimate of drug-likeness (QED) is 0.784. The van der Waals surface area contributed by atoms with E-state index in [1.807, 2.05) is 0 Å². The van der Waals surface area contributed by atoms with Crippen LogP contribution in [0.3, 0.4) is 0 Å². The third kappa shape index (κ3) is 1.73. The van der Waals surface area contributed by atoms with Crippen LogP contribution in [0.4, 0.5) is 0 Å². The number of fused-ring (bicyclic) bond motifs is 2. The highest BCUT2D eigenvalue weighted by molar-refractivity contribution is 9.10. The lowest BCUT2D eigenvalue weighted by atomic mass is 10.1. The van der Waals surface area contributed by atoms with Gasteiger partial charge < -0.3 is 0 Å². The second-order valence-corrected chi connectivity index (χ2v) is 7.12. The minimum atomic E-state index is 0.216. The summed E-state index contributed by atoms with van der Waals surface area (Å²) < 4.78 is 1.21. The van der Waals surface area contributed by atoms with Crippen molar-refractivity contribution in [1.82, 2.24) is 5.32 Å². The van der Waals surface area contributed by atoms with Gasteiger partial charge in [-0.05, 0) is 55.2 Å². The Kier molecular flexibility index (Phi) is 2.81. The Balaban J connectivity index is 2.01. The predicted octanol–water partition coefficient (Wildman–Crippen LogP) is 3.66. The molecule has 0 radical (unpaired) electrons. The van der Waals surface area contributed by atoms with Crippen LogP contribution in [0.5, 0.6) is 0 Å². The molecule has 1 aromatic carbocycles. The molecule has 0 aromatic heterocycles. The summed E-state index contributed by atoms with van der Waals surface area (Å²) in [7, 11) is 0. The molecule has 3 rings (SSSR count). The van der Waals surface area contributed by atoms with Crippen molar-refractivity contribution < 1.29 is 0 Å². The lowest BCUT2D eigenvalue weighted by Crippen LogP contribution is -2.46. The van der Waals surface area contributed by atoms with Gasteiger partial charge >= 0.3 is 0 Å². The molecule has 16 heavy (non-hydrogen) atoms. The number of aryl methyl sites for hydroxylation is 1. The number of nitrogens with one attached hydrogen (secondary N) is 1. The summed E-state index contributed by atoms with van der Waals surface area (Å²) in [6.07, 6.45) is 3.74. The first-order valence-corrected chi connectivity index (χ1v) is 7.68. The fraction of sp³-hybridized carbons (Fsp3) is 0.538. The van der Waals surface area contributed by atoms with Gasteiger partial charge in [0.2, 0.25) is 0 Å². The third-order valence-corrected chi connectivity index (χ3v) is 5.60. The van der Waals surface area contributed by atoms with Crippen LogP contribution >= 0.6 is 27.7 Å². The molecule has 2 atom stereocenters. The average Bonchev–Trinajstić information content (AvgIpc) is 2.57. The highest BCUT2D eigenvalue weighted by Crippen LogP contribution is 2.48. The molecule has 0 bridgehead atoms. The smallest absolute Gasteiger partial charge is 0.0909 e. The monoisotopic (exact) mass is 297 g/mol. The maximum absolute atomic E-state index is 3.81. The van der Waals surface area contributed by atoms with E-state index in [0.29, 0.717) is 6.04 Å². The number of benzene rings is 1. The van der Waals surface area contributed by atoms with Gasteiger partial charge in [0.05, 0.1) is 4.87 Å². The molecule has 0 amide bonds. The summed E-state index contributed by atoms with van der Waals surface area (Å²) in [4.78, 5) is 0.216. The first-order valence-electron chi connectivity index (χ1n) is 5.90. The van der Waals surface area contributed by atoms with Crippen molar-refractivity contribution in [3.05, 3.63) is 33.8 Å². The molecule has 1 heterocycles. The minimum Gasteiger partial charge on any atom is -0.297 e. The van der Waals surface area contributed by atoms with Gasteiger partial charge in [0.15, 0.2) is 0 Å². The highest BCUT2D eigenvalue weighted by atomic mass is 79.9. The zero-order valence-corrected chi connectivity index (χ0v) is 11.8. The van der Waals surface area contributed by atoms with E-state index in [2.05, 4.69) is 58.1 Å². The van der Waals surface area contributed by atoms with E-state index in [9.17, 15) is 0 Å². The normalized spacial score (nSPS) is 33.0. The molecule has 1 N–H and O–H groups in total. The van der Waals surface area contributed by atoms with E-state index in [1.165, 1.54) is 40.6 Å². The zero-order chi connectivity index (χ0) is 11.2. The van der Waals surface area contributed by atoms with Gasteiger partial charge in [-0.3, -0.25) is 5.32 Å². The van der Waals surface area contributed by atoms with Crippen molar-refractivity contribution in [2.24, 2.45) is 0 Å². The largest absolute Gasteiger partial charge is 0.297 e. The van der Waals surface area contributed by atoms with Crippen LogP contribution in [-0.4, -0.2) is 11.8 Å². The first kappa shape index (κ1) is 11.1. The molecule has 1 spiro atoms. The van der Waals surface area contributed by atoms with Crippen molar-refractivity contribution in [1.29, 1.82) is 0 Å². The van der Waals surface area contributed by atoms with Crippen LogP contribution in [0.1, 0.15) is 30.9 Å². The van der Waals surface area contributed by atoms with Gasteiger partial charge in [0.25, 0.3) is 0 Å². The standard InChI is InChI=1S/C13H16BrNS/c1-9-5-7-16-13(15-9)6-4-10-8-11(14)2-3-12(10)13/h2-3,8-9,15H,4-7H2,1H3. The molecule has 1 aliphatic heterocycles. The molecule has 2 aliphatic rings. The Labute approximate surface area is 110 Å². The number of halogens is 1. The molecule has 86 valence electrons. The van der Waals surface area contributed by atoms with E-state index in [-0.39, 0.29) is 4.87 Å². The minimum absolute atomic E-state index is 0.216. The predicted molar refractivity (Wildman–Crippen MR) is 73.8 cm³/mol. The van der Waals surface area contributed by atoms with Crippen molar-refractivity contribution in [2.45, 2.75) is 37.1 Å². The summed E-state index contributed by atoms with van der Waals surface area (Å²) in [5.74, 6) is 1.28.